The first-order valence-corrected chi connectivity index (χ1v) is 6.10. The van der Waals surface area contributed by atoms with Crippen LogP contribution in [-0.2, 0) is 15.6 Å². The van der Waals surface area contributed by atoms with E-state index in [0.717, 1.165) is 13.1 Å². The van der Waals surface area contributed by atoms with E-state index in [0.29, 0.717) is 24.6 Å². The molecule has 0 unspecified atom stereocenters. The molecular formula is C8H14N2O2S. The average molecular weight is 202 g/mol. The monoisotopic (exact) mass is 202 g/mol. The first-order chi connectivity index (χ1) is 6.27. The average Bonchev–Trinajstić information content (AvgIpc) is 2.02. The number of nitrogens with one attached hydrogen (secondary N) is 1. The van der Waals surface area contributed by atoms with E-state index in [1.807, 2.05) is 4.90 Å². The van der Waals surface area contributed by atoms with Gasteiger partial charge in [-0.1, -0.05) is 0 Å². The number of hydrogen-bond acceptors (Lipinski definition) is 3. The molecule has 2 saturated heterocycles. The van der Waals surface area contributed by atoms with Gasteiger partial charge in [0, 0.05) is 48.5 Å². The fourth-order valence-electron chi connectivity index (χ4n) is 1.58. The first kappa shape index (κ1) is 9.15. The maximum atomic E-state index is 11.7. The molecular weight excluding hydrogens is 188 g/mol. The van der Waals surface area contributed by atoms with Crippen LogP contribution in [0.2, 0.25) is 0 Å². The Morgan fingerprint density at radius 2 is 1.92 bits per heavy atom. The van der Waals surface area contributed by atoms with Crippen molar-refractivity contribution in [3.63, 3.8) is 0 Å². The molecule has 0 aliphatic carbocycles. The lowest BCUT2D eigenvalue weighted by molar-refractivity contribution is -0.136. The highest BCUT2D eigenvalue weighted by Crippen LogP contribution is 2.10. The molecule has 1 amide bonds. The second-order valence-corrected chi connectivity index (χ2v) is 5.22. The summed E-state index contributed by atoms with van der Waals surface area (Å²) in [6, 6.07) is 0. The van der Waals surface area contributed by atoms with Crippen molar-refractivity contribution < 1.29 is 9.00 Å². The van der Waals surface area contributed by atoms with Gasteiger partial charge < -0.3 is 10.2 Å². The molecule has 0 aromatic heterocycles. The van der Waals surface area contributed by atoms with Crippen LogP contribution < -0.4 is 5.32 Å². The van der Waals surface area contributed by atoms with Gasteiger partial charge >= 0.3 is 0 Å². The number of carbonyl (C=O) groups is 1. The van der Waals surface area contributed by atoms with Gasteiger partial charge in [-0.3, -0.25) is 9.00 Å². The normalized spacial score (nSPS) is 25.7. The number of hydrogen-bond donors (Lipinski definition) is 1. The van der Waals surface area contributed by atoms with E-state index in [2.05, 4.69) is 5.32 Å². The number of carbonyl (C=O) groups excluding carboxylic acids is 1. The summed E-state index contributed by atoms with van der Waals surface area (Å²) in [5, 5.41) is 3.08. The zero-order chi connectivity index (χ0) is 9.26. The Bertz CT molecular complexity index is 230. The Hall–Kier alpha value is -0.420. The lowest BCUT2D eigenvalue weighted by atomic mass is 10.0. The molecule has 2 aliphatic rings. The largest absolute Gasteiger partial charge is 0.341 e. The third-order valence-electron chi connectivity index (χ3n) is 2.62. The van der Waals surface area contributed by atoms with Gasteiger partial charge in [0.25, 0.3) is 0 Å². The van der Waals surface area contributed by atoms with Gasteiger partial charge in [0.2, 0.25) is 5.91 Å². The topological polar surface area (TPSA) is 49.4 Å². The van der Waals surface area contributed by atoms with E-state index in [1.54, 1.807) is 0 Å². The van der Waals surface area contributed by atoms with Crippen LogP contribution in [0.3, 0.4) is 0 Å². The van der Waals surface area contributed by atoms with Crippen LogP contribution in [0.5, 0.6) is 0 Å². The Balaban J connectivity index is 1.86. The van der Waals surface area contributed by atoms with Gasteiger partial charge in [0.05, 0.1) is 5.92 Å². The minimum absolute atomic E-state index is 0.187. The molecule has 2 rings (SSSR count). The van der Waals surface area contributed by atoms with Crippen LogP contribution in [0.15, 0.2) is 0 Å². The number of nitrogens with zero attached hydrogens (tertiary/aromatic N) is 1. The third-order valence-corrected chi connectivity index (χ3v) is 3.90. The minimum Gasteiger partial charge on any atom is -0.341 e. The molecule has 1 N–H and O–H groups in total. The van der Waals surface area contributed by atoms with E-state index in [1.165, 1.54) is 0 Å². The molecule has 2 aliphatic heterocycles. The zero-order valence-electron chi connectivity index (χ0n) is 7.49. The third kappa shape index (κ3) is 1.91. The predicted octanol–water partition coefficient (Wildman–Crippen LogP) is -1.20. The summed E-state index contributed by atoms with van der Waals surface area (Å²) in [4.78, 5) is 13.5. The summed E-state index contributed by atoms with van der Waals surface area (Å²) in [6.07, 6.45) is 0. The van der Waals surface area contributed by atoms with Crippen LogP contribution in [0.25, 0.3) is 0 Å². The standard InChI is InChI=1S/C8H14N2O2S/c11-8(7-5-9-6-7)10-1-3-13(12)4-2-10/h7,9H,1-6H2. The van der Waals surface area contributed by atoms with E-state index in [9.17, 15) is 9.00 Å². The van der Waals surface area contributed by atoms with Crippen molar-refractivity contribution in [3.05, 3.63) is 0 Å². The molecule has 0 aromatic carbocycles. The van der Waals surface area contributed by atoms with Crippen LogP contribution in [0.1, 0.15) is 0 Å². The zero-order valence-corrected chi connectivity index (χ0v) is 8.31. The van der Waals surface area contributed by atoms with Crippen LogP contribution in [0, 0.1) is 5.92 Å². The second-order valence-electron chi connectivity index (χ2n) is 3.53. The van der Waals surface area contributed by atoms with Crippen molar-refractivity contribution in [2.24, 2.45) is 5.92 Å². The summed E-state index contributed by atoms with van der Waals surface area (Å²) in [5.41, 5.74) is 0. The SMILES string of the molecule is O=C(C1CNC1)N1CCS(=O)CC1. The summed E-state index contributed by atoms with van der Waals surface area (Å²) in [5.74, 6) is 1.75. The second kappa shape index (κ2) is 3.75. The van der Waals surface area contributed by atoms with Crippen molar-refractivity contribution in [1.82, 2.24) is 10.2 Å². The Kier molecular flexibility index (Phi) is 2.64. The van der Waals surface area contributed by atoms with Gasteiger partial charge in [-0.25, -0.2) is 0 Å². The van der Waals surface area contributed by atoms with E-state index < -0.39 is 10.8 Å². The summed E-state index contributed by atoms with van der Waals surface area (Å²) < 4.78 is 11.0. The Morgan fingerprint density at radius 1 is 1.31 bits per heavy atom. The number of amides is 1. The quantitative estimate of drug-likeness (QED) is 0.581. The van der Waals surface area contributed by atoms with Crippen molar-refractivity contribution in [2.75, 3.05) is 37.7 Å². The fraction of sp³-hybridized carbons (Fsp3) is 0.875. The molecule has 74 valence electrons. The fourth-order valence-corrected chi connectivity index (χ4v) is 2.63. The van der Waals surface area contributed by atoms with Crippen LogP contribution in [0.4, 0.5) is 0 Å². The van der Waals surface area contributed by atoms with Crippen LogP contribution >= 0.6 is 0 Å². The molecule has 0 saturated carbocycles. The highest BCUT2D eigenvalue weighted by molar-refractivity contribution is 7.85. The molecule has 0 aromatic rings. The summed E-state index contributed by atoms with van der Waals surface area (Å²) in [7, 11) is -0.684. The summed E-state index contributed by atoms with van der Waals surface area (Å²) in [6.45, 7) is 3.00. The van der Waals surface area contributed by atoms with Crippen molar-refractivity contribution in [1.29, 1.82) is 0 Å². The van der Waals surface area contributed by atoms with E-state index in [4.69, 9.17) is 0 Å². The van der Waals surface area contributed by atoms with Gasteiger partial charge in [-0.05, 0) is 0 Å². The Morgan fingerprint density at radius 3 is 2.38 bits per heavy atom. The maximum absolute atomic E-state index is 11.7. The predicted molar refractivity (Wildman–Crippen MR) is 50.8 cm³/mol. The molecule has 2 heterocycles. The molecule has 2 fully saturated rings. The van der Waals surface area contributed by atoms with Crippen LogP contribution in [-0.4, -0.2) is 52.7 Å². The molecule has 5 heteroatoms. The van der Waals surface area contributed by atoms with Gasteiger partial charge in [0.15, 0.2) is 0 Å². The lowest BCUT2D eigenvalue weighted by Gasteiger charge is -2.34. The van der Waals surface area contributed by atoms with Crippen molar-refractivity contribution in [2.45, 2.75) is 0 Å². The molecule has 0 spiro atoms. The molecule has 13 heavy (non-hydrogen) atoms. The molecule has 0 bridgehead atoms. The number of rotatable bonds is 1. The summed E-state index contributed by atoms with van der Waals surface area (Å²) >= 11 is 0. The molecule has 0 radical (unpaired) electrons. The Labute approximate surface area is 80.1 Å². The smallest absolute Gasteiger partial charge is 0.228 e. The van der Waals surface area contributed by atoms with Gasteiger partial charge in [0.1, 0.15) is 0 Å². The lowest BCUT2D eigenvalue weighted by Crippen LogP contribution is -2.54. The van der Waals surface area contributed by atoms with Gasteiger partial charge in [-0.15, -0.1) is 0 Å². The van der Waals surface area contributed by atoms with Crippen molar-refractivity contribution >= 4 is 16.7 Å². The maximum Gasteiger partial charge on any atom is 0.228 e. The minimum atomic E-state index is -0.684. The molecule has 4 nitrogen and oxygen atoms in total. The molecule has 0 atom stereocenters. The van der Waals surface area contributed by atoms with E-state index >= 15 is 0 Å². The van der Waals surface area contributed by atoms with Gasteiger partial charge in [-0.2, -0.15) is 0 Å². The van der Waals surface area contributed by atoms with Crippen molar-refractivity contribution in [3.8, 4) is 0 Å². The first-order valence-electron chi connectivity index (χ1n) is 4.62. The van der Waals surface area contributed by atoms with E-state index in [-0.39, 0.29) is 11.8 Å². The highest BCUT2D eigenvalue weighted by Gasteiger charge is 2.30. The highest BCUT2D eigenvalue weighted by atomic mass is 32.2.